The normalized spacial score (nSPS) is 11.7. The Morgan fingerprint density at radius 3 is 2.65 bits per heavy atom. The molecule has 8 heteroatoms. The van der Waals surface area contributed by atoms with E-state index in [1.807, 2.05) is 25.1 Å². The summed E-state index contributed by atoms with van der Waals surface area (Å²) < 4.78 is 32.4. The minimum Gasteiger partial charge on any atom is -0.495 e. The Labute approximate surface area is 155 Å². The van der Waals surface area contributed by atoms with Crippen LogP contribution in [0.1, 0.15) is 11.1 Å². The number of nitrogens with one attached hydrogen (secondary N) is 2. The third-order valence-electron chi connectivity index (χ3n) is 4.05. The number of hydrogen-bond acceptors (Lipinski definition) is 4. The van der Waals surface area contributed by atoms with Gasteiger partial charge in [-0.05, 0) is 42.1 Å². The fourth-order valence-corrected chi connectivity index (χ4v) is 3.98. The van der Waals surface area contributed by atoms with Gasteiger partial charge in [0.1, 0.15) is 5.75 Å². The van der Waals surface area contributed by atoms with Gasteiger partial charge in [-0.1, -0.05) is 29.8 Å². The van der Waals surface area contributed by atoms with E-state index in [1.165, 1.54) is 25.3 Å². The van der Waals surface area contributed by atoms with Gasteiger partial charge in [-0.3, -0.25) is 4.79 Å². The zero-order valence-corrected chi connectivity index (χ0v) is 15.7. The van der Waals surface area contributed by atoms with Crippen LogP contribution < -0.4 is 15.0 Å². The highest BCUT2D eigenvalue weighted by atomic mass is 35.5. The van der Waals surface area contributed by atoms with Gasteiger partial charge in [-0.25, -0.2) is 13.1 Å². The average Bonchev–Trinajstić information content (AvgIpc) is 2.61. The number of sulfonamides is 1. The monoisotopic (exact) mass is 392 g/mol. The van der Waals surface area contributed by atoms with Gasteiger partial charge in [-0.15, -0.1) is 0 Å². The quantitative estimate of drug-likeness (QED) is 0.698. The number of hydrogen-bond donors (Lipinski definition) is 2. The Kier molecular flexibility index (Phi) is 5.04. The predicted octanol–water partition coefficient (Wildman–Crippen LogP) is 2.98. The molecule has 0 radical (unpaired) electrons. The van der Waals surface area contributed by atoms with E-state index in [9.17, 15) is 13.2 Å². The van der Waals surface area contributed by atoms with Crippen LogP contribution in [0, 0.1) is 6.92 Å². The fraction of sp³-hybridized carbons (Fsp3) is 0.167. The number of para-hydroxylation sites is 1. The van der Waals surface area contributed by atoms with Crippen molar-refractivity contribution in [3.05, 3.63) is 69.0 Å². The van der Waals surface area contributed by atoms with Crippen LogP contribution in [0.3, 0.4) is 0 Å². The number of methoxy groups -OCH3 is 1. The van der Waals surface area contributed by atoms with Crippen molar-refractivity contribution < 1.29 is 13.2 Å². The lowest BCUT2D eigenvalue weighted by Gasteiger charge is -2.09. The predicted molar refractivity (Wildman–Crippen MR) is 101 cm³/mol. The molecule has 0 unspecified atom stereocenters. The van der Waals surface area contributed by atoms with E-state index < -0.39 is 10.0 Å². The van der Waals surface area contributed by atoms with Crippen LogP contribution in [0.25, 0.3) is 10.9 Å². The first-order valence-electron chi connectivity index (χ1n) is 7.76. The van der Waals surface area contributed by atoms with Gasteiger partial charge in [-0.2, -0.15) is 0 Å². The lowest BCUT2D eigenvalue weighted by molar-refractivity contribution is 0.414. The molecular formula is C18H17ClN2O4S. The van der Waals surface area contributed by atoms with Crippen molar-refractivity contribution >= 4 is 32.5 Å². The Morgan fingerprint density at radius 1 is 1.19 bits per heavy atom. The van der Waals surface area contributed by atoms with E-state index in [4.69, 9.17) is 16.3 Å². The summed E-state index contributed by atoms with van der Waals surface area (Å²) in [5, 5.41) is 1.03. The zero-order valence-electron chi connectivity index (χ0n) is 14.2. The maximum absolute atomic E-state index is 12.5. The van der Waals surface area contributed by atoms with Crippen molar-refractivity contribution in [1.29, 1.82) is 0 Å². The number of rotatable bonds is 5. The van der Waals surface area contributed by atoms with Gasteiger partial charge in [0, 0.05) is 12.1 Å². The molecule has 0 saturated carbocycles. The first-order chi connectivity index (χ1) is 12.3. The first kappa shape index (κ1) is 18.4. The van der Waals surface area contributed by atoms with Crippen LogP contribution in [0.4, 0.5) is 0 Å². The highest BCUT2D eigenvalue weighted by molar-refractivity contribution is 7.89. The van der Waals surface area contributed by atoms with E-state index in [0.717, 1.165) is 16.5 Å². The molecule has 3 aromatic rings. The van der Waals surface area contributed by atoms with E-state index in [1.54, 1.807) is 6.07 Å². The maximum Gasteiger partial charge on any atom is 0.252 e. The number of halogens is 1. The number of H-pyrrole nitrogens is 1. The summed E-state index contributed by atoms with van der Waals surface area (Å²) in [5.74, 6) is 0.381. The summed E-state index contributed by atoms with van der Waals surface area (Å²) in [6.45, 7) is 1.76. The molecule has 0 spiro atoms. The van der Waals surface area contributed by atoms with E-state index in [-0.39, 0.29) is 22.0 Å². The number of pyridine rings is 1. The van der Waals surface area contributed by atoms with Crippen LogP contribution in [-0.2, 0) is 16.6 Å². The Morgan fingerprint density at radius 2 is 1.96 bits per heavy atom. The Bertz CT molecular complexity index is 1140. The largest absolute Gasteiger partial charge is 0.495 e. The molecular weight excluding hydrogens is 376 g/mol. The SMILES string of the molecule is COc1ccc(S(=O)(=O)NCc2cc3cccc(C)c3[nH]c2=O)cc1Cl. The molecule has 0 aliphatic heterocycles. The summed E-state index contributed by atoms with van der Waals surface area (Å²) in [5.41, 5.74) is 1.68. The molecule has 0 fully saturated rings. The highest BCUT2D eigenvalue weighted by Gasteiger charge is 2.17. The van der Waals surface area contributed by atoms with Gasteiger partial charge in [0.05, 0.1) is 22.5 Å². The van der Waals surface area contributed by atoms with E-state index >= 15 is 0 Å². The van der Waals surface area contributed by atoms with Crippen molar-refractivity contribution in [1.82, 2.24) is 9.71 Å². The van der Waals surface area contributed by atoms with Crippen molar-refractivity contribution in [3.63, 3.8) is 0 Å². The number of aromatic amines is 1. The molecule has 0 amide bonds. The lowest BCUT2D eigenvalue weighted by Crippen LogP contribution is -2.27. The number of benzene rings is 2. The number of aryl methyl sites for hydroxylation is 1. The van der Waals surface area contributed by atoms with Crippen molar-refractivity contribution in [3.8, 4) is 5.75 Å². The minimum atomic E-state index is -3.83. The Balaban J connectivity index is 1.88. The number of ether oxygens (including phenoxy) is 1. The molecule has 0 bridgehead atoms. The van der Waals surface area contributed by atoms with Gasteiger partial charge < -0.3 is 9.72 Å². The molecule has 0 aliphatic rings. The smallest absolute Gasteiger partial charge is 0.252 e. The van der Waals surface area contributed by atoms with E-state index in [2.05, 4.69) is 9.71 Å². The first-order valence-corrected chi connectivity index (χ1v) is 9.62. The summed E-state index contributed by atoms with van der Waals surface area (Å²) in [6, 6.07) is 11.5. The maximum atomic E-state index is 12.5. The van der Waals surface area contributed by atoms with Gasteiger partial charge in [0.2, 0.25) is 10.0 Å². The Hall–Kier alpha value is -2.35. The summed E-state index contributed by atoms with van der Waals surface area (Å²) in [6.07, 6.45) is 0. The summed E-state index contributed by atoms with van der Waals surface area (Å²) >= 11 is 5.99. The molecule has 26 heavy (non-hydrogen) atoms. The topological polar surface area (TPSA) is 88.3 Å². The number of fused-ring (bicyclic) bond motifs is 1. The van der Waals surface area contributed by atoms with E-state index in [0.29, 0.717) is 11.3 Å². The second kappa shape index (κ2) is 7.11. The zero-order chi connectivity index (χ0) is 18.9. The van der Waals surface area contributed by atoms with Crippen LogP contribution >= 0.6 is 11.6 Å². The minimum absolute atomic E-state index is 0.00337. The second-order valence-corrected chi connectivity index (χ2v) is 7.96. The van der Waals surface area contributed by atoms with Crippen LogP contribution in [0.5, 0.6) is 5.75 Å². The van der Waals surface area contributed by atoms with Gasteiger partial charge in [0.15, 0.2) is 0 Å². The third-order valence-corrected chi connectivity index (χ3v) is 5.75. The molecule has 0 aliphatic carbocycles. The molecule has 1 aromatic heterocycles. The molecule has 3 rings (SSSR count). The molecule has 0 atom stereocenters. The molecule has 2 aromatic carbocycles. The fourth-order valence-electron chi connectivity index (χ4n) is 2.63. The van der Waals surface area contributed by atoms with Gasteiger partial charge >= 0.3 is 0 Å². The molecule has 136 valence electrons. The van der Waals surface area contributed by atoms with Gasteiger partial charge in [0.25, 0.3) is 5.56 Å². The van der Waals surface area contributed by atoms with Crippen molar-refractivity contribution in [2.24, 2.45) is 0 Å². The molecule has 2 N–H and O–H groups in total. The molecule has 6 nitrogen and oxygen atoms in total. The second-order valence-electron chi connectivity index (χ2n) is 5.78. The summed E-state index contributed by atoms with van der Waals surface area (Å²) in [4.78, 5) is 15.0. The van der Waals surface area contributed by atoms with Crippen LogP contribution in [0.2, 0.25) is 5.02 Å². The van der Waals surface area contributed by atoms with Crippen molar-refractivity contribution in [2.75, 3.05) is 7.11 Å². The van der Waals surface area contributed by atoms with Crippen LogP contribution in [-0.4, -0.2) is 20.5 Å². The van der Waals surface area contributed by atoms with Crippen molar-refractivity contribution in [2.45, 2.75) is 18.4 Å². The number of aromatic nitrogens is 1. The third kappa shape index (κ3) is 3.60. The lowest BCUT2D eigenvalue weighted by atomic mass is 10.1. The van der Waals surface area contributed by atoms with Crippen LogP contribution in [0.15, 0.2) is 52.2 Å². The molecule has 1 heterocycles. The summed E-state index contributed by atoms with van der Waals surface area (Å²) in [7, 11) is -2.38. The standard InChI is InChI=1S/C18H17ClN2O4S/c1-11-4-3-5-12-8-13(18(22)21-17(11)12)10-20-26(23,24)14-6-7-16(25-2)15(19)9-14/h3-9,20H,10H2,1-2H3,(H,21,22). The highest BCUT2D eigenvalue weighted by Crippen LogP contribution is 2.26. The molecule has 0 saturated heterocycles. The average molecular weight is 393 g/mol.